The monoisotopic (exact) mass is 372 g/mol. The number of carbonyl (C=O) groups is 1. The van der Waals surface area contributed by atoms with Crippen LogP contribution in [-0.2, 0) is 6.54 Å². The maximum atomic E-state index is 12.5. The summed E-state index contributed by atoms with van der Waals surface area (Å²) in [6.07, 6.45) is 0. The van der Waals surface area contributed by atoms with Crippen LogP contribution in [0.2, 0.25) is 0 Å². The summed E-state index contributed by atoms with van der Waals surface area (Å²) in [5, 5.41) is 5.85. The van der Waals surface area contributed by atoms with Crippen LogP contribution in [-0.4, -0.2) is 27.4 Å². The first kappa shape index (κ1) is 20.4. The Hall–Kier alpha value is -2.89. The summed E-state index contributed by atoms with van der Waals surface area (Å²) in [5.74, 6) is 1.92. The lowest BCUT2D eigenvalue weighted by molar-refractivity contribution is 0.251. The van der Waals surface area contributed by atoms with Gasteiger partial charge in [0.15, 0.2) is 11.5 Å². The molecule has 0 saturated heterocycles. The third-order valence-electron chi connectivity index (χ3n) is 4.39. The summed E-state index contributed by atoms with van der Waals surface area (Å²) in [6.45, 7) is 6.48. The topological polar surface area (TPSA) is 68.8 Å². The average Bonchev–Trinajstić information content (AvgIpc) is 2.66. The van der Waals surface area contributed by atoms with Crippen LogP contribution >= 0.6 is 0 Å². The van der Waals surface area contributed by atoms with Crippen molar-refractivity contribution < 1.29 is 19.0 Å². The number of carbonyl (C=O) groups excluding carboxylic acids is 1. The van der Waals surface area contributed by atoms with Gasteiger partial charge in [-0.2, -0.15) is 0 Å². The van der Waals surface area contributed by atoms with Gasteiger partial charge in [-0.1, -0.05) is 32.0 Å². The van der Waals surface area contributed by atoms with Crippen LogP contribution in [0.25, 0.3) is 0 Å². The minimum atomic E-state index is -0.275. The Bertz CT molecular complexity index is 803. The van der Waals surface area contributed by atoms with Crippen LogP contribution in [0.15, 0.2) is 30.3 Å². The number of amides is 2. The van der Waals surface area contributed by atoms with E-state index in [0.717, 1.165) is 22.4 Å². The number of rotatable bonds is 7. The molecule has 0 saturated carbocycles. The van der Waals surface area contributed by atoms with E-state index in [1.807, 2.05) is 31.2 Å². The van der Waals surface area contributed by atoms with Crippen molar-refractivity contribution in [3.63, 3.8) is 0 Å². The molecule has 146 valence electrons. The Balaban J connectivity index is 2.15. The van der Waals surface area contributed by atoms with Crippen molar-refractivity contribution in [1.29, 1.82) is 0 Å². The van der Waals surface area contributed by atoms with E-state index in [9.17, 15) is 4.79 Å². The van der Waals surface area contributed by atoms with Gasteiger partial charge >= 0.3 is 6.03 Å². The summed E-state index contributed by atoms with van der Waals surface area (Å²) in [7, 11) is 4.68. The molecule has 0 radical (unpaired) electrons. The highest BCUT2D eigenvalue weighted by Gasteiger charge is 2.17. The Labute approximate surface area is 160 Å². The zero-order valence-corrected chi connectivity index (χ0v) is 16.8. The molecular formula is C21H28N2O4. The van der Waals surface area contributed by atoms with Gasteiger partial charge in [0.05, 0.1) is 21.3 Å². The lowest BCUT2D eigenvalue weighted by Gasteiger charge is -2.18. The van der Waals surface area contributed by atoms with Gasteiger partial charge in [0, 0.05) is 17.8 Å². The van der Waals surface area contributed by atoms with Crippen LogP contribution < -0.4 is 24.8 Å². The number of hydrogen-bond donors (Lipinski definition) is 2. The number of benzene rings is 2. The Morgan fingerprint density at radius 1 is 1.00 bits per heavy atom. The Morgan fingerprint density at radius 3 is 2.30 bits per heavy atom. The van der Waals surface area contributed by atoms with E-state index in [-0.39, 0.29) is 12.6 Å². The summed E-state index contributed by atoms with van der Waals surface area (Å²) in [6, 6.07) is 9.37. The molecule has 0 aromatic heterocycles. The Morgan fingerprint density at radius 2 is 1.70 bits per heavy atom. The molecule has 2 amide bonds. The fourth-order valence-corrected chi connectivity index (χ4v) is 2.98. The van der Waals surface area contributed by atoms with Crippen LogP contribution in [0, 0.1) is 6.92 Å². The molecule has 0 unspecified atom stereocenters. The SMILES string of the molecule is COc1ccc(CNC(=O)Nc2c(C)cccc2C(C)C)c(OC)c1OC. The fraction of sp³-hybridized carbons (Fsp3) is 0.381. The molecule has 0 bridgehead atoms. The highest BCUT2D eigenvalue weighted by molar-refractivity contribution is 5.91. The van der Waals surface area contributed by atoms with Crippen molar-refractivity contribution in [2.75, 3.05) is 26.6 Å². The highest BCUT2D eigenvalue weighted by atomic mass is 16.5. The number of nitrogens with one attached hydrogen (secondary N) is 2. The zero-order valence-electron chi connectivity index (χ0n) is 16.8. The molecule has 2 aromatic rings. The van der Waals surface area contributed by atoms with Gasteiger partial charge in [-0.25, -0.2) is 4.79 Å². The standard InChI is InChI=1S/C21H28N2O4/c1-13(2)16-9-7-8-14(3)18(16)23-21(24)22-12-15-10-11-17(25-4)20(27-6)19(15)26-5/h7-11,13H,12H2,1-6H3,(H2,22,23,24). The normalized spacial score (nSPS) is 10.5. The van der Waals surface area contributed by atoms with Gasteiger partial charge in [-0.15, -0.1) is 0 Å². The minimum absolute atomic E-state index is 0.275. The number of para-hydroxylation sites is 1. The number of urea groups is 1. The first-order valence-corrected chi connectivity index (χ1v) is 8.85. The second-order valence-electron chi connectivity index (χ2n) is 6.49. The average molecular weight is 372 g/mol. The number of methoxy groups -OCH3 is 3. The largest absolute Gasteiger partial charge is 0.493 e. The van der Waals surface area contributed by atoms with Crippen molar-refractivity contribution in [3.05, 3.63) is 47.0 Å². The second-order valence-corrected chi connectivity index (χ2v) is 6.49. The maximum absolute atomic E-state index is 12.5. The molecule has 0 fully saturated rings. The third-order valence-corrected chi connectivity index (χ3v) is 4.39. The third kappa shape index (κ3) is 4.64. The van der Waals surface area contributed by atoms with E-state index in [0.29, 0.717) is 23.2 Å². The summed E-state index contributed by atoms with van der Waals surface area (Å²) >= 11 is 0. The molecule has 2 rings (SSSR count). The molecule has 27 heavy (non-hydrogen) atoms. The molecule has 2 N–H and O–H groups in total. The van der Waals surface area contributed by atoms with E-state index in [1.54, 1.807) is 27.4 Å². The van der Waals surface area contributed by atoms with E-state index in [1.165, 1.54) is 0 Å². The van der Waals surface area contributed by atoms with Crippen LogP contribution in [0.4, 0.5) is 10.5 Å². The van der Waals surface area contributed by atoms with E-state index < -0.39 is 0 Å². The molecule has 0 atom stereocenters. The molecule has 0 aliphatic carbocycles. The number of aryl methyl sites for hydroxylation is 1. The van der Waals surface area contributed by atoms with Crippen molar-refractivity contribution in [2.24, 2.45) is 0 Å². The van der Waals surface area contributed by atoms with Crippen molar-refractivity contribution in [1.82, 2.24) is 5.32 Å². The predicted molar refractivity (Wildman–Crippen MR) is 107 cm³/mol. The van der Waals surface area contributed by atoms with Crippen molar-refractivity contribution in [2.45, 2.75) is 33.2 Å². The lowest BCUT2D eigenvalue weighted by Crippen LogP contribution is -2.29. The van der Waals surface area contributed by atoms with Crippen molar-refractivity contribution in [3.8, 4) is 17.2 Å². The van der Waals surface area contributed by atoms with Crippen LogP contribution in [0.1, 0.15) is 36.5 Å². The Kier molecular flexibility index (Phi) is 6.93. The van der Waals surface area contributed by atoms with Gasteiger partial charge < -0.3 is 24.8 Å². The highest BCUT2D eigenvalue weighted by Crippen LogP contribution is 2.39. The quantitative estimate of drug-likeness (QED) is 0.753. The van der Waals surface area contributed by atoms with Crippen LogP contribution in [0.5, 0.6) is 17.2 Å². The van der Waals surface area contributed by atoms with Gasteiger partial charge in [0.25, 0.3) is 0 Å². The molecule has 6 heteroatoms. The van der Waals surface area contributed by atoms with Gasteiger partial charge in [0.2, 0.25) is 5.75 Å². The van der Waals surface area contributed by atoms with Gasteiger partial charge in [0.1, 0.15) is 0 Å². The fourth-order valence-electron chi connectivity index (χ4n) is 2.98. The van der Waals surface area contributed by atoms with E-state index in [2.05, 4.69) is 24.5 Å². The summed E-state index contributed by atoms with van der Waals surface area (Å²) < 4.78 is 16.1. The predicted octanol–water partition coefficient (Wildman–Crippen LogP) is 4.47. The molecule has 6 nitrogen and oxygen atoms in total. The van der Waals surface area contributed by atoms with Gasteiger partial charge in [-0.05, 0) is 36.1 Å². The molecule has 0 aliphatic rings. The lowest BCUT2D eigenvalue weighted by atomic mass is 9.98. The molecule has 0 aliphatic heterocycles. The summed E-state index contributed by atoms with van der Waals surface area (Å²) in [5.41, 5.74) is 3.78. The van der Waals surface area contributed by atoms with E-state index >= 15 is 0 Å². The van der Waals surface area contributed by atoms with Gasteiger partial charge in [-0.3, -0.25) is 0 Å². The van der Waals surface area contributed by atoms with E-state index in [4.69, 9.17) is 14.2 Å². The summed E-state index contributed by atoms with van der Waals surface area (Å²) in [4.78, 5) is 12.5. The maximum Gasteiger partial charge on any atom is 0.319 e. The smallest absolute Gasteiger partial charge is 0.319 e. The molecule has 0 heterocycles. The minimum Gasteiger partial charge on any atom is -0.493 e. The molecule has 2 aromatic carbocycles. The number of anilines is 1. The zero-order chi connectivity index (χ0) is 20.0. The van der Waals surface area contributed by atoms with Crippen LogP contribution in [0.3, 0.4) is 0 Å². The first-order chi connectivity index (χ1) is 12.9. The van der Waals surface area contributed by atoms with Crippen molar-refractivity contribution >= 4 is 11.7 Å². The first-order valence-electron chi connectivity index (χ1n) is 8.85. The molecule has 0 spiro atoms. The number of ether oxygens (including phenoxy) is 3. The molecular weight excluding hydrogens is 344 g/mol. The number of hydrogen-bond acceptors (Lipinski definition) is 4. The second kappa shape index (κ2) is 9.16.